The lowest BCUT2D eigenvalue weighted by Gasteiger charge is -2.29. The van der Waals surface area contributed by atoms with Crippen LogP contribution in [-0.2, 0) is 66.3 Å². The fourth-order valence-corrected chi connectivity index (χ4v) is 1.21. The fraction of sp³-hybridized carbons (Fsp3) is 1.00. The Morgan fingerprint density at radius 1 is 0.322 bits per heavy atom. The van der Waals surface area contributed by atoms with Crippen molar-refractivity contribution in [3.05, 3.63) is 0 Å². The summed E-state index contributed by atoms with van der Waals surface area (Å²) in [5.74, 6) is -11.7. The second-order valence-corrected chi connectivity index (χ2v) is 13.0. The van der Waals surface area contributed by atoms with E-state index < -0.39 is 151 Å². The molecule has 0 rings (SSSR count). The van der Waals surface area contributed by atoms with Crippen LogP contribution in [0.4, 0.5) is 185 Å². The molecule has 0 saturated carbocycles. The molecule has 0 fully saturated rings. The van der Waals surface area contributed by atoms with E-state index in [9.17, 15) is 185 Å². The van der Waals surface area contributed by atoms with Gasteiger partial charge in [-0.1, -0.05) is 31.1 Å². The van der Waals surface area contributed by atoms with E-state index in [1.165, 1.54) is 27.7 Å². The maximum absolute atomic E-state index is 12.1. The quantitative estimate of drug-likeness (QED) is 0.105. The van der Waals surface area contributed by atoms with Gasteiger partial charge in [0.2, 0.25) is 0 Å². The monoisotopic (exact) mass is 1560 g/mol. The summed E-state index contributed by atoms with van der Waals surface area (Å²) < 4.78 is 544. The van der Waals surface area contributed by atoms with E-state index in [0.29, 0.717) is 35.6 Å². The van der Waals surface area contributed by atoms with Crippen molar-refractivity contribution in [2.45, 2.75) is 95.7 Å². The lowest BCUT2D eigenvalue weighted by atomic mass is 10.2. The van der Waals surface area contributed by atoms with E-state index >= 15 is 0 Å². The van der Waals surface area contributed by atoms with Crippen LogP contribution >= 0.6 is 0 Å². The predicted octanol–water partition coefficient (Wildman–Crippen LogP) is 17.3. The lowest BCUT2D eigenvalue weighted by Crippen LogP contribution is -2.56. The van der Waals surface area contributed by atoms with Crippen LogP contribution in [0.2, 0.25) is 0 Å². The van der Waals surface area contributed by atoms with Gasteiger partial charge in [-0.05, 0) is 32.2 Å². The van der Waals surface area contributed by atoms with Crippen LogP contribution in [0, 0.1) is 0 Å². The number of alkyl halides is 34. The van der Waals surface area contributed by atoms with Crippen molar-refractivity contribution in [1.29, 1.82) is 0 Å². The van der Waals surface area contributed by atoms with Crippen LogP contribution < -0.4 is 0 Å². The van der Waals surface area contributed by atoms with Crippen molar-refractivity contribution >= 4 is 42.4 Å². The van der Waals surface area contributed by atoms with Gasteiger partial charge in [0.05, 0.1) is 55.4 Å². The Labute approximate surface area is 483 Å². The van der Waals surface area contributed by atoms with Gasteiger partial charge >= 0.3 is 97.1 Å². The van der Waals surface area contributed by atoms with Gasteiger partial charge in [0.15, 0.2) is 47.3 Å². The highest BCUT2D eigenvalue weighted by Gasteiger charge is 2.73. The van der Waals surface area contributed by atoms with Gasteiger partial charge in [-0.3, -0.25) is 54.1 Å². The molecule has 0 aromatic heterocycles. The molecule has 0 atom stereocenters. The van der Waals surface area contributed by atoms with Gasteiger partial charge in [-0.25, -0.2) is 30.7 Å². The van der Waals surface area contributed by atoms with Crippen LogP contribution in [0.1, 0.15) is 41.0 Å². The Kier molecular flexibility index (Phi) is 106. The molecule has 13 nitrogen and oxygen atoms in total. The molecule has 90 heavy (non-hydrogen) atoms. The number of hydrogen-bond donors (Lipinski definition) is 0. The fourth-order valence-electron chi connectivity index (χ4n) is 1.21. The van der Waals surface area contributed by atoms with Gasteiger partial charge in [0.1, 0.15) is 6.42 Å². The van der Waals surface area contributed by atoms with Gasteiger partial charge in [0, 0.05) is 6.92 Å². The first-order chi connectivity index (χ1) is 39.6. The molecule has 0 aromatic rings. The predicted molar refractivity (Wildman–Crippen MR) is 224 cm³/mol. The molecule has 0 radical (unpaired) electrons. The SMILES string of the molecule is CC(F)(F)OCF.CCF.CCF.CCF.CCF.CF.CF.CF.CF.FCC(F)(F)OC(F)(F)CF.FCC(F)(F)OF.FCOC(F)(F)C(F)(F)C(F)(F)CF.FCOC(F)(F)CC(F)(F)F.O=S(=O)(F)F.O=S(=O)(F)F.O=S(=O)(F)F.O=S(=O)(F)F. The number of halogens is 43. The molecule has 0 bridgehead atoms. The minimum absolute atomic E-state index is 0.250. The number of hydrogen-bond acceptors (Lipinski definition) is 13. The van der Waals surface area contributed by atoms with Crippen molar-refractivity contribution in [1.82, 2.24) is 0 Å². The average molecular weight is 1560 g/mol. The van der Waals surface area contributed by atoms with Crippen molar-refractivity contribution in [2.24, 2.45) is 0 Å². The molecule has 0 saturated heterocycles. The standard InChI is InChI=1S/C5H4F8O.2C4H4F6O.C3H5F3O.C2H2F4O.4C2H5F.4CH3F.4F2O2S/c6-1-3(8,9)4(10,11)5(12,13)14-2-7;5-1-3(7,8)11-4(9,10)2-6;5-2-11-4(9,10)1-3(6,7)8;1-3(5,6)7-2-4;3-1-2(4,5)7-6;4*1-2-3;4*1-2;4*1-5(2,3)4/h1-2H2;2*1-2H2;2H2,1H3;1H2;4*2H2,1H3;4*1H3;;;;. The summed E-state index contributed by atoms with van der Waals surface area (Å²) in [5.41, 5.74) is 0. The molecule has 0 N–H and O–H groups in total. The summed E-state index contributed by atoms with van der Waals surface area (Å²) in [6.07, 6.45) is -34.6. The summed E-state index contributed by atoms with van der Waals surface area (Å²) >= 11 is 0. The second kappa shape index (κ2) is 73.0. The average Bonchev–Trinajstić information content (AvgIpc) is 3.32. The molecule has 0 unspecified atom stereocenters. The van der Waals surface area contributed by atoms with Gasteiger partial charge in [0.25, 0.3) is 0 Å². The summed E-state index contributed by atoms with van der Waals surface area (Å²) in [6.45, 7) is -10.4. The Morgan fingerprint density at radius 3 is 0.611 bits per heavy atom. The minimum atomic E-state index is -6.11. The molecule has 0 aromatic carbocycles. The van der Waals surface area contributed by atoms with E-state index in [-0.39, 0.29) is 26.7 Å². The first-order valence-corrected chi connectivity index (χ1v) is 23.9. The van der Waals surface area contributed by atoms with E-state index in [0.717, 1.165) is 0 Å². The zero-order valence-corrected chi connectivity index (χ0v) is 48.4. The zero-order valence-electron chi connectivity index (χ0n) is 45.2. The number of rotatable bonds is 16. The topological polar surface area (TPSA) is 183 Å². The Morgan fingerprint density at radius 2 is 0.511 bits per heavy atom. The highest BCUT2D eigenvalue weighted by atomic mass is 32.3. The molecule has 0 aliphatic rings. The molecule has 574 valence electrons. The van der Waals surface area contributed by atoms with E-state index in [1.54, 1.807) is 0 Å². The maximum atomic E-state index is 12.1. The summed E-state index contributed by atoms with van der Waals surface area (Å²) in [4.78, 5) is 1.88. The minimum Gasteiger partial charge on any atom is -0.289 e. The Bertz CT molecular complexity index is 1660. The summed E-state index contributed by atoms with van der Waals surface area (Å²) in [5, 5.41) is 0. The molecule has 0 aliphatic heterocycles. The first-order valence-electron chi connectivity index (χ1n) is 18.8. The van der Waals surface area contributed by atoms with Crippen LogP contribution in [0.5, 0.6) is 0 Å². The van der Waals surface area contributed by atoms with E-state index in [4.69, 9.17) is 33.7 Å². The maximum Gasteiger partial charge on any atom is 0.476 e. The van der Waals surface area contributed by atoms with Crippen LogP contribution in [0.15, 0.2) is 0 Å². The zero-order chi connectivity index (χ0) is 78.5. The van der Waals surface area contributed by atoms with E-state index in [1.807, 2.05) is 4.94 Å². The van der Waals surface area contributed by atoms with E-state index in [2.05, 4.69) is 18.9 Å². The molecule has 0 spiro atoms. The third-order valence-electron chi connectivity index (χ3n) is 3.09. The van der Waals surface area contributed by atoms with Crippen molar-refractivity contribution in [3.8, 4) is 0 Å². The normalized spacial score (nSPS) is 11.1. The number of ether oxygens (including phenoxy) is 4. The highest BCUT2D eigenvalue weighted by Crippen LogP contribution is 2.46. The van der Waals surface area contributed by atoms with Crippen molar-refractivity contribution in [3.63, 3.8) is 0 Å². The Balaban J connectivity index is -0.0000000435. The van der Waals surface area contributed by atoms with Crippen molar-refractivity contribution in [2.75, 3.05) is 103 Å². The van der Waals surface area contributed by atoms with Crippen LogP contribution in [-0.4, -0.2) is 191 Å². The van der Waals surface area contributed by atoms with Gasteiger partial charge < -0.3 is 0 Å². The second-order valence-electron chi connectivity index (χ2n) is 10.0. The molecular weight excluding hydrogens is 1510 g/mol. The molecule has 60 heteroatoms. The third-order valence-corrected chi connectivity index (χ3v) is 3.09. The lowest BCUT2D eigenvalue weighted by molar-refractivity contribution is -0.405. The molecule has 0 amide bonds. The smallest absolute Gasteiger partial charge is 0.289 e. The largest absolute Gasteiger partial charge is 0.476 e. The highest BCUT2D eigenvalue weighted by molar-refractivity contribution is 7.81. The molecule has 0 aliphatic carbocycles. The first kappa shape index (κ1) is 131. The van der Waals surface area contributed by atoms with Gasteiger partial charge in [-0.15, -0.1) is 4.94 Å². The van der Waals surface area contributed by atoms with Crippen molar-refractivity contribution < 1.29 is 242 Å². The summed E-state index contributed by atoms with van der Waals surface area (Å²) in [6, 6.07) is 0. The Hall–Kier alpha value is -3.41. The molecular formula is C30H51F43O13S4. The molecule has 0 heterocycles. The van der Waals surface area contributed by atoms with Gasteiger partial charge in [-0.2, -0.15) is 117 Å². The van der Waals surface area contributed by atoms with Crippen LogP contribution in [0.3, 0.4) is 0 Å². The summed E-state index contributed by atoms with van der Waals surface area (Å²) in [7, 11) is -20.7. The van der Waals surface area contributed by atoms with Crippen LogP contribution in [0.25, 0.3) is 0 Å². The third kappa shape index (κ3) is 206.